The summed E-state index contributed by atoms with van der Waals surface area (Å²) in [7, 11) is 3.90. The Kier molecular flexibility index (Phi) is 4.84. The molecule has 3 heterocycles. The number of hydrogen-bond donors (Lipinski definition) is 0. The van der Waals surface area contributed by atoms with Gasteiger partial charge in [0, 0.05) is 51.4 Å². The number of rotatable bonds is 3. The number of methoxy groups -OCH3 is 1. The lowest BCUT2D eigenvalue weighted by molar-refractivity contribution is 0.0981. The number of piperazine rings is 1. The van der Waals surface area contributed by atoms with E-state index in [9.17, 15) is 0 Å². The predicted octanol–water partition coefficient (Wildman–Crippen LogP) is 1.61. The predicted molar refractivity (Wildman–Crippen MR) is 89.8 cm³/mol. The average molecular weight is 304 g/mol. The van der Waals surface area contributed by atoms with E-state index in [0.717, 1.165) is 24.9 Å². The molecule has 5 nitrogen and oxygen atoms in total. The molecule has 0 aromatic carbocycles. The van der Waals surface area contributed by atoms with Gasteiger partial charge < -0.3 is 14.5 Å². The molecule has 1 aromatic rings. The number of likely N-dealkylation sites (N-methyl/N-ethyl adjacent to an activating group) is 1. The van der Waals surface area contributed by atoms with E-state index in [-0.39, 0.29) is 0 Å². The highest BCUT2D eigenvalue weighted by atomic mass is 16.5. The zero-order valence-corrected chi connectivity index (χ0v) is 14.1. The van der Waals surface area contributed by atoms with Gasteiger partial charge in [-0.25, -0.2) is 0 Å². The molecule has 0 amide bonds. The number of aromatic nitrogens is 1. The van der Waals surface area contributed by atoms with Crippen molar-refractivity contribution in [1.29, 1.82) is 0 Å². The molecule has 2 aliphatic rings. The highest BCUT2D eigenvalue weighted by Crippen LogP contribution is 2.26. The zero-order chi connectivity index (χ0) is 15.5. The summed E-state index contributed by atoms with van der Waals surface area (Å²) >= 11 is 0. The molecule has 0 unspecified atom stereocenters. The highest BCUT2D eigenvalue weighted by molar-refractivity contribution is 5.48. The van der Waals surface area contributed by atoms with Crippen LogP contribution in [0.3, 0.4) is 0 Å². The molecule has 5 heteroatoms. The first kappa shape index (κ1) is 15.6. The third-order valence-corrected chi connectivity index (χ3v) is 5.07. The van der Waals surface area contributed by atoms with E-state index < -0.39 is 0 Å². The normalized spacial score (nSPS) is 22.0. The van der Waals surface area contributed by atoms with Crippen LogP contribution in [0.1, 0.15) is 18.4 Å². The van der Waals surface area contributed by atoms with Gasteiger partial charge in [-0.05, 0) is 32.4 Å². The van der Waals surface area contributed by atoms with E-state index in [1.54, 1.807) is 7.11 Å². The Morgan fingerprint density at radius 1 is 1.05 bits per heavy atom. The first-order valence-corrected chi connectivity index (χ1v) is 8.36. The molecule has 2 saturated heterocycles. The van der Waals surface area contributed by atoms with E-state index in [0.29, 0.717) is 5.88 Å². The quantitative estimate of drug-likeness (QED) is 0.847. The second kappa shape index (κ2) is 6.84. The molecule has 2 fully saturated rings. The van der Waals surface area contributed by atoms with Gasteiger partial charge >= 0.3 is 0 Å². The lowest BCUT2D eigenvalue weighted by Crippen LogP contribution is -2.52. The number of pyridine rings is 1. The lowest BCUT2D eigenvalue weighted by Gasteiger charge is -2.42. The van der Waals surface area contributed by atoms with Gasteiger partial charge in [0.15, 0.2) is 0 Å². The SMILES string of the molecule is COc1ccc(C)c(N2CCC(N3CCN(C)CC3)CC2)n1. The smallest absolute Gasteiger partial charge is 0.214 e. The number of anilines is 1. The molecule has 122 valence electrons. The van der Waals surface area contributed by atoms with Crippen LogP contribution in [0.2, 0.25) is 0 Å². The maximum Gasteiger partial charge on any atom is 0.214 e. The Hall–Kier alpha value is -1.33. The van der Waals surface area contributed by atoms with Crippen molar-refractivity contribution >= 4 is 5.82 Å². The van der Waals surface area contributed by atoms with Crippen LogP contribution in [0.25, 0.3) is 0 Å². The minimum Gasteiger partial charge on any atom is -0.481 e. The van der Waals surface area contributed by atoms with Gasteiger partial charge in [0.05, 0.1) is 7.11 Å². The Labute approximate surface area is 133 Å². The largest absolute Gasteiger partial charge is 0.481 e. The Balaban J connectivity index is 1.60. The van der Waals surface area contributed by atoms with Gasteiger partial charge in [-0.2, -0.15) is 4.98 Å². The number of hydrogen-bond acceptors (Lipinski definition) is 5. The fraction of sp³-hybridized carbons (Fsp3) is 0.706. The van der Waals surface area contributed by atoms with Gasteiger partial charge in [-0.15, -0.1) is 0 Å². The molecule has 1 aromatic heterocycles. The van der Waals surface area contributed by atoms with Crippen LogP contribution in [0.5, 0.6) is 5.88 Å². The van der Waals surface area contributed by atoms with Crippen LogP contribution in [-0.4, -0.2) is 74.3 Å². The van der Waals surface area contributed by atoms with E-state index >= 15 is 0 Å². The van der Waals surface area contributed by atoms with Gasteiger partial charge in [0.2, 0.25) is 5.88 Å². The van der Waals surface area contributed by atoms with Crippen molar-refractivity contribution in [2.45, 2.75) is 25.8 Å². The van der Waals surface area contributed by atoms with Crippen LogP contribution in [-0.2, 0) is 0 Å². The summed E-state index contributed by atoms with van der Waals surface area (Å²) in [6.45, 7) is 9.17. The molecule has 0 atom stereocenters. The zero-order valence-electron chi connectivity index (χ0n) is 14.1. The maximum atomic E-state index is 5.28. The van der Waals surface area contributed by atoms with Crippen molar-refractivity contribution in [1.82, 2.24) is 14.8 Å². The molecule has 0 radical (unpaired) electrons. The summed E-state index contributed by atoms with van der Waals surface area (Å²) in [6.07, 6.45) is 2.48. The first-order chi connectivity index (χ1) is 10.7. The van der Waals surface area contributed by atoms with E-state index in [1.807, 2.05) is 6.07 Å². The van der Waals surface area contributed by atoms with Crippen molar-refractivity contribution in [2.24, 2.45) is 0 Å². The molecule has 0 aliphatic carbocycles. The van der Waals surface area contributed by atoms with Gasteiger partial charge in [-0.3, -0.25) is 4.90 Å². The summed E-state index contributed by atoms with van der Waals surface area (Å²) in [4.78, 5) is 12.2. The molecule has 0 bridgehead atoms. The minimum absolute atomic E-state index is 0.710. The summed E-state index contributed by atoms with van der Waals surface area (Å²) in [5.41, 5.74) is 1.24. The monoisotopic (exact) mass is 304 g/mol. The van der Waals surface area contributed by atoms with Crippen molar-refractivity contribution in [3.05, 3.63) is 17.7 Å². The standard InChI is InChI=1S/C17H28N4O/c1-14-4-5-16(22-3)18-17(14)21-8-6-15(7-9-21)20-12-10-19(2)11-13-20/h4-5,15H,6-13H2,1-3H3. The Bertz CT molecular complexity index is 491. The second-order valence-electron chi connectivity index (χ2n) is 6.55. The second-order valence-corrected chi connectivity index (χ2v) is 6.55. The molecule has 0 N–H and O–H groups in total. The van der Waals surface area contributed by atoms with Crippen molar-refractivity contribution < 1.29 is 4.74 Å². The highest BCUT2D eigenvalue weighted by Gasteiger charge is 2.27. The van der Waals surface area contributed by atoms with Crippen LogP contribution in [0, 0.1) is 6.92 Å². The van der Waals surface area contributed by atoms with Gasteiger partial charge in [0.1, 0.15) is 5.82 Å². The van der Waals surface area contributed by atoms with Gasteiger partial charge in [0.25, 0.3) is 0 Å². The third-order valence-electron chi connectivity index (χ3n) is 5.07. The summed E-state index contributed by atoms with van der Waals surface area (Å²) in [5.74, 6) is 1.80. The van der Waals surface area contributed by atoms with Crippen LogP contribution in [0.4, 0.5) is 5.82 Å². The lowest BCUT2D eigenvalue weighted by atomic mass is 10.0. The van der Waals surface area contributed by atoms with Crippen molar-refractivity contribution in [3.8, 4) is 5.88 Å². The number of aryl methyl sites for hydroxylation is 1. The van der Waals surface area contributed by atoms with E-state index in [4.69, 9.17) is 4.74 Å². The summed E-state index contributed by atoms with van der Waals surface area (Å²) in [5, 5.41) is 0. The van der Waals surface area contributed by atoms with Crippen LogP contribution >= 0.6 is 0 Å². The number of nitrogens with zero attached hydrogens (tertiary/aromatic N) is 4. The minimum atomic E-state index is 0.710. The van der Waals surface area contributed by atoms with Gasteiger partial charge in [-0.1, -0.05) is 6.07 Å². The Morgan fingerprint density at radius 3 is 2.36 bits per heavy atom. The molecule has 22 heavy (non-hydrogen) atoms. The fourth-order valence-corrected chi connectivity index (χ4v) is 3.56. The Morgan fingerprint density at radius 2 is 1.73 bits per heavy atom. The maximum absolute atomic E-state index is 5.28. The molecular weight excluding hydrogens is 276 g/mol. The molecule has 0 saturated carbocycles. The van der Waals surface area contributed by atoms with Crippen LogP contribution < -0.4 is 9.64 Å². The van der Waals surface area contributed by atoms with E-state index in [1.165, 1.54) is 44.6 Å². The van der Waals surface area contributed by atoms with Crippen molar-refractivity contribution in [2.75, 3.05) is 58.3 Å². The molecule has 3 rings (SSSR count). The average Bonchev–Trinajstić information content (AvgIpc) is 2.56. The van der Waals surface area contributed by atoms with Crippen molar-refractivity contribution in [3.63, 3.8) is 0 Å². The fourth-order valence-electron chi connectivity index (χ4n) is 3.56. The molecular formula is C17H28N4O. The summed E-state index contributed by atoms with van der Waals surface area (Å²) < 4.78 is 5.28. The van der Waals surface area contributed by atoms with E-state index in [2.05, 4.69) is 39.7 Å². The first-order valence-electron chi connectivity index (χ1n) is 8.36. The number of ether oxygens (including phenoxy) is 1. The summed E-state index contributed by atoms with van der Waals surface area (Å²) in [6, 6.07) is 4.79. The third kappa shape index (κ3) is 3.36. The molecule has 0 spiro atoms. The van der Waals surface area contributed by atoms with Crippen LogP contribution in [0.15, 0.2) is 12.1 Å². The number of piperidine rings is 1. The topological polar surface area (TPSA) is 31.8 Å². The molecule has 2 aliphatic heterocycles.